The fourth-order valence-corrected chi connectivity index (χ4v) is 2.19. The first-order valence-electron chi connectivity index (χ1n) is 6.24. The molecule has 0 bridgehead atoms. The Labute approximate surface area is 124 Å². The van der Waals surface area contributed by atoms with Gasteiger partial charge in [-0.1, -0.05) is 19.4 Å². The smallest absolute Gasteiger partial charge is 0.405 e. The quantitative estimate of drug-likeness (QED) is 0.785. The maximum Gasteiger partial charge on any atom is 0.573 e. The molecule has 2 N–H and O–H groups in total. The second-order valence-corrected chi connectivity index (χ2v) is 5.24. The molecule has 0 saturated heterocycles. The molecule has 0 aliphatic carbocycles. The van der Waals surface area contributed by atoms with Crippen molar-refractivity contribution in [2.45, 2.75) is 38.8 Å². The molecule has 1 aromatic rings. The van der Waals surface area contributed by atoms with Crippen LogP contribution in [-0.2, 0) is 6.54 Å². The van der Waals surface area contributed by atoms with E-state index in [1.54, 1.807) is 12.1 Å². The molecule has 0 amide bonds. The molecule has 0 aliphatic heterocycles. The van der Waals surface area contributed by atoms with Crippen LogP contribution in [0.25, 0.3) is 0 Å². The van der Waals surface area contributed by atoms with Crippen LogP contribution < -0.4 is 10.1 Å². The molecule has 0 spiro atoms. The zero-order valence-corrected chi connectivity index (χ0v) is 12.6. The number of hydrogen-bond acceptors (Lipinski definition) is 3. The molecule has 1 aromatic carbocycles. The van der Waals surface area contributed by atoms with Crippen LogP contribution in [0.2, 0.25) is 0 Å². The van der Waals surface area contributed by atoms with Gasteiger partial charge < -0.3 is 15.2 Å². The number of halogens is 4. The highest BCUT2D eigenvalue weighted by molar-refractivity contribution is 9.10. The van der Waals surface area contributed by atoms with Gasteiger partial charge >= 0.3 is 6.36 Å². The molecule has 0 radical (unpaired) electrons. The summed E-state index contributed by atoms with van der Waals surface area (Å²) in [4.78, 5) is 0. The lowest BCUT2D eigenvalue weighted by Crippen LogP contribution is -2.26. The number of rotatable bonds is 7. The predicted molar refractivity (Wildman–Crippen MR) is 73.4 cm³/mol. The molecule has 0 fully saturated rings. The Morgan fingerprint density at radius 1 is 1.40 bits per heavy atom. The number of hydrogen-bond donors (Lipinski definition) is 2. The first kappa shape index (κ1) is 17.3. The third kappa shape index (κ3) is 6.58. The minimum atomic E-state index is -4.70. The number of aliphatic hydroxyl groups is 1. The molecular formula is C13H17BrF3NO2. The minimum Gasteiger partial charge on any atom is -0.405 e. The molecule has 0 aliphatic rings. The van der Waals surface area contributed by atoms with Gasteiger partial charge in [0.15, 0.2) is 0 Å². The lowest BCUT2D eigenvalue weighted by molar-refractivity contribution is -0.274. The molecule has 20 heavy (non-hydrogen) atoms. The summed E-state index contributed by atoms with van der Waals surface area (Å²) in [6.45, 7) is 2.90. The molecule has 0 saturated carbocycles. The standard InChI is InChI=1S/C13H17BrF3NO2/c1-2-3-10(19)8-18-7-9-4-5-12(11(14)6-9)20-13(15,16)17/h4-6,10,18-19H,2-3,7-8H2,1H3. The van der Waals surface area contributed by atoms with E-state index >= 15 is 0 Å². The van der Waals surface area contributed by atoms with E-state index in [0.29, 0.717) is 13.1 Å². The van der Waals surface area contributed by atoms with Crippen molar-refractivity contribution in [1.29, 1.82) is 0 Å². The van der Waals surface area contributed by atoms with Crippen molar-refractivity contribution in [2.75, 3.05) is 6.54 Å². The SMILES string of the molecule is CCCC(O)CNCc1ccc(OC(F)(F)F)c(Br)c1. The summed E-state index contributed by atoms with van der Waals surface area (Å²) in [6, 6.07) is 4.36. The molecule has 1 unspecified atom stereocenters. The van der Waals surface area contributed by atoms with Crippen LogP contribution in [0.5, 0.6) is 5.75 Å². The van der Waals surface area contributed by atoms with Gasteiger partial charge in [0.1, 0.15) is 5.75 Å². The van der Waals surface area contributed by atoms with Crippen LogP contribution in [0, 0.1) is 0 Å². The average molecular weight is 356 g/mol. The number of aliphatic hydroxyl groups excluding tert-OH is 1. The van der Waals surface area contributed by atoms with Gasteiger partial charge in [-0.15, -0.1) is 13.2 Å². The number of ether oxygens (including phenoxy) is 1. The van der Waals surface area contributed by atoms with E-state index in [1.807, 2.05) is 6.92 Å². The van der Waals surface area contributed by atoms with E-state index in [0.717, 1.165) is 18.4 Å². The zero-order chi connectivity index (χ0) is 15.2. The lowest BCUT2D eigenvalue weighted by Gasteiger charge is -2.13. The van der Waals surface area contributed by atoms with Gasteiger partial charge in [-0.05, 0) is 40.0 Å². The molecular weight excluding hydrogens is 339 g/mol. The fraction of sp³-hybridized carbons (Fsp3) is 0.538. The fourth-order valence-electron chi connectivity index (χ4n) is 1.68. The van der Waals surface area contributed by atoms with Crippen LogP contribution in [0.4, 0.5) is 13.2 Å². The third-order valence-corrected chi connectivity index (χ3v) is 3.17. The first-order chi connectivity index (χ1) is 9.31. The Bertz CT molecular complexity index is 427. The van der Waals surface area contributed by atoms with E-state index in [1.165, 1.54) is 6.07 Å². The number of alkyl halides is 3. The van der Waals surface area contributed by atoms with Crippen molar-refractivity contribution >= 4 is 15.9 Å². The van der Waals surface area contributed by atoms with Gasteiger partial charge in [0.05, 0.1) is 10.6 Å². The number of nitrogens with one attached hydrogen (secondary N) is 1. The molecule has 0 heterocycles. The minimum absolute atomic E-state index is 0.239. The van der Waals surface area contributed by atoms with Crippen LogP contribution in [-0.4, -0.2) is 24.1 Å². The van der Waals surface area contributed by atoms with Crippen molar-refractivity contribution in [3.63, 3.8) is 0 Å². The zero-order valence-electron chi connectivity index (χ0n) is 11.0. The highest BCUT2D eigenvalue weighted by Crippen LogP contribution is 2.30. The molecule has 114 valence electrons. The Balaban J connectivity index is 2.51. The summed E-state index contributed by atoms with van der Waals surface area (Å²) in [5.41, 5.74) is 0.801. The normalized spacial score (nSPS) is 13.3. The van der Waals surface area contributed by atoms with Crippen LogP contribution in [0.15, 0.2) is 22.7 Å². The van der Waals surface area contributed by atoms with Crippen LogP contribution in [0.3, 0.4) is 0 Å². The summed E-state index contributed by atoms with van der Waals surface area (Å²) in [5, 5.41) is 12.6. The number of benzene rings is 1. The Kier molecular flexibility index (Phi) is 6.78. The Hall–Kier alpha value is -0.790. The summed E-state index contributed by atoms with van der Waals surface area (Å²) in [5.74, 6) is -0.271. The van der Waals surface area contributed by atoms with Gasteiger partial charge in [0.25, 0.3) is 0 Å². The monoisotopic (exact) mass is 355 g/mol. The molecule has 0 aromatic heterocycles. The molecule has 7 heteroatoms. The summed E-state index contributed by atoms with van der Waals surface area (Å²) < 4.78 is 40.4. The van der Waals surface area contributed by atoms with Gasteiger partial charge in [-0.25, -0.2) is 0 Å². The van der Waals surface area contributed by atoms with Gasteiger partial charge in [0.2, 0.25) is 0 Å². The molecule has 1 rings (SSSR count). The van der Waals surface area contributed by atoms with Crippen molar-refractivity contribution in [1.82, 2.24) is 5.32 Å². The van der Waals surface area contributed by atoms with E-state index in [9.17, 15) is 18.3 Å². The second kappa shape index (κ2) is 7.85. The van der Waals surface area contributed by atoms with Gasteiger partial charge in [-0.2, -0.15) is 0 Å². The van der Waals surface area contributed by atoms with Gasteiger partial charge in [0, 0.05) is 13.1 Å². The Morgan fingerprint density at radius 3 is 2.65 bits per heavy atom. The van der Waals surface area contributed by atoms with E-state index in [-0.39, 0.29) is 10.2 Å². The summed E-state index contributed by atoms with van der Waals surface area (Å²) in [7, 11) is 0. The van der Waals surface area contributed by atoms with E-state index in [2.05, 4.69) is 26.0 Å². The van der Waals surface area contributed by atoms with Crippen molar-refractivity contribution in [3.8, 4) is 5.75 Å². The molecule has 3 nitrogen and oxygen atoms in total. The topological polar surface area (TPSA) is 41.5 Å². The van der Waals surface area contributed by atoms with Crippen LogP contribution >= 0.6 is 15.9 Å². The largest absolute Gasteiger partial charge is 0.573 e. The van der Waals surface area contributed by atoms with Crippen molar-refractivity contribution in [3.05, 3.63) is 28.2 Å². The van der Waals surface area contributed by atoms with E-state index in [4.69, 9.17) is 0 Å². The van der Waals surface area contributed by atoms with E-state index < -0.39 is 12.5 Å². The average Bonchev–Trinajstić information content (AvgIpc) is 2.31. The van der Waals surface area contributed by atoms with Crippen molar-refractivity contribution < 1.29 is 23.0 Å². The third-order valence-electron chi connectivity index (χ3n) is 2.55. The Morgan fingerprint density at radius 2 is 2.10 bits per heavy atom. The summed E-state index contributed by atoms with van der Waals surface area (Å²) >= 11 is 3.04. The predicted octanol–water partition coefficient (Wildman–Crippen LogP) is 3.60. The maximum atomic E-state index is 12.1. The first-order valence-corrected chi connectivity index (χ1v) is 7.04. The highest BCUT2D eigenvalue weighted by atomic mass is 79.9. The lowest BCUT2D eigenvalue weighted by atomic mass is 10.2. The van der Waals surface area contributed by atoms with Crippen LogP contribution in [0.1, 0.15) is 25.3 Å². The maximum absolute atomic E-state index is 12.1. The molecule has 1 atom stereocenters. The van der Waals surface area contributed by atoms with Crippen molar-refractivity contribution in [2.24, 2.45) is 0 Å². The summed E-state index contributed by atoms with van der Waals surface area (Å²) in [6.07, 6.45) is -3.49. The van der Waals surface area contributed by atoms with Gasteiger partial charge in [-0.3, -0.25) is 0 Å². The second-order valence-electron chi connectivity index (χ2n) is 4.39. The highest BCUT2D eigenvalue weighted by Gasteiger charge is 2.31.